The summed E-state index contributed by atoms with van der Waals surface area (Å²) >= 11 is 6.10. The minimum atomic E-state index is -0.633. The van der Waals surface area contributed by atoms with Crippen molar-refractivity contribution >= 4 is 23.0 Å². The molecule has 4 heteroatoms. The van der Waals surface area contributed by atoms with Crippen LogP contribution in [0.3, 0.4) is 0 Å². The number of hydrogen-bond donors (Lipinski definition) is 2. The first-order valence-corrected chi connectivity index (χ1v) is 5.39. The molecule has 2 rings (SSSR count). The monoisotopic (exact) mass is 226 g/mol. The van der Waals surface area contributed by atoms with Crippen molar-refractivity contribution in [1.82, 2.24) is 0 Å². The second-order valence-electron chi connectivity index (χ2n) is 4.35. The van der Waals surface area contributed by atoms with Crippen LogP contribution in [0.25, 0.3) is 0 Å². The predicted octanol–water partition coefficient (Wildman–Crippen LogP) is 1.88. The third-order valence-electron chi connectivity index (χ3n) is 2.79. The second kappa shape index (κ2) is 3.58. The quantitative estimate of drug-likeness (QED) is 0.719. The number of para-hydroxylation sites is 1. The fourth-order valence-electron chi connectivity index (χ4n) is 2.00. The SMILES string of the molecule is CC1(O)CCN(c2c(N)cccc2Cl)C1. The zero-order valence-electron chi connectivity index (χ0n) is 8.70. The van der Waals surface area contributed by atoms with Crippen molar-refractivity contribution in [2.75, 3.05) is 23.7 Å². The van der Waals surface area contributed by atoms with E-state index in [9.17, 15) is 5.11 Å². The summed E-state index contributed by atoms with van der Waals surface area (Å²) in [6.07, 6.45) is 0.748. The average molecular weight is 227 g/mol. The first-order chi connectivity index (χ1) is 6.99. The smallest absolute Gasteiger partial charge is 0.0810 e. The molecule has 0 spiro atoms. The van der Waals surface area contributed by atoms with Crippen molar-refractivity contribution < 1.29 is 5.11 Å². The van der Waals surface area contributed by atoms with Gasteiger partial charge >= 0.3 is 0 Å². The summed E-state index contributed by atoms with van der Waals surface area (Å²) in [5.41, 5.74) is 6.76. The molecular formula is C11H15ClN2O. The Hall–Kier alpha value is -0.930. The first kappa shape index (κ1) is 10.6. The summed E-state index contributed by atoms with van der Waals surface area (Å²) in [6.45, 7) is 3.21. The van der Waals surface area contributed by atoms with E-state index in [1.165, 1.54) is 0 Å². The number of anilines is 2. The highest BCUT2D eigenvalue weighted by atomic mass is 35.5. The molecule has 82 valence electrons. The number of nitrogens with two attached hydrogens (primary N) is 1. The van der Waals surface area contributed by atoms with Crippen molar-refractivity contribution in [3.05, 3.63) is 23.2 Å². The molecule has 1 unspecified atom stereocenters. The van der Waals surface area contributed by atoms with Gasteiger partial charge in [0.2, 0.25) is 0 Å². The normalized spacial score (nSPS) is 25.9. The average Bonchev–Trinajstić information content (AvgIpc) is 2.46. The lowest BCUT2D eigenvalue weighted by molar-refractivity contribution is 0.0839. The number of hydrogen-bond acceptors (Lipinski definition) is 3. The maximum absolute atomic E-state index is 9.88. The molecule has 1 aliphatic heterocycles. The minimum Gasteiger partial charge on any atom is -0.397 e. The highest BCUT2D eigenvalue weighted by molar-refractivity contribution is 6.34. The molecule has 3 nitrogen and oxygen atoms in total. The van der Waals surface area contributed by atoms with Gasteiger partial charge in [0.25, 0.3) is 0 Å². The van der Waals surface area contributed by atoms with Gasteiger partial charge in [0.15, 0.2) is 0 Å². The molecule has 1 heterocycles. The molecule has 0 aromatic heterocycles. The van der Waals surface area contributed by atoms with E-state index in [2.05, 4.69) is 0 Å². The van der Waals surface area contributed by atoms with Crippen molar-refractivity contribution in [3.8, 4) is 0 Å². The highest BCUT2D eigenvalue weighted by Crippen LogP contribution is 2.36. The van der Waals surface area contributed by atoms with Gasteiger partial charge in [0, 0.05) is 13.1 Å². The fourth-order valence-corrected chi connectivity index (χ4v) is 2.30. The van der Waals surface area contributed by atoms with Gasteiger partial charge in [-0.15, -0.1) is 0 Å². The van der Waals surface area contributed by atoms with Gasteiger partial charge in [-0.25, -0.2) is 0 Å². The molecular weight excluding hydrogens is 212 g/mol. The molecule has 0 aliphatic carbocycles. The number of halogens is 1. The Kier molecular flexibility index (Phi) is 2.52. The summed E-state index contributed by atoms with van der Waals surface area (Å²) in [5, 5.41) is 10.5. The van der Waals surface area contributed by atoms with Crippen LogP contribution < -0.4 is 10.6 Å². The standard InChI is InChI=1S/C11H15ClN2O/c1-11(15)5-6-14(7-11)10-8(12)3-2-4-9(10)13/h2-4,15H,5-7,13H2,1H3. The number of β-amino-alcohol motifs (C(OH)–C–C–N with tert-alkyl or cyclic N) is 1. The van der Waals surface area contributed by atoms with Crippen LogP contribution in [0.15, 0.2) is 18.2 Å². The molecule has 1 atom stereocenters. The Labute approximate surface area is 94.4 Å². The molecule has 1 fully saturated rings. The van der Waals surface area contributed by atoms with Crippen molar-refractivity contribution in [1.29, 1.82) is 0 Å². The first-order valence-electron chi connectivity index (χ1n) is 5.01. The lowest BCUT2D eigenvalue weighted by atomic mass is 10.1. The van der Waals surface area contributed by atoms with Gasteiger partial charge in [0.05, 0.1) is 22.0 Å². The second-order valence-corrected chi connectivity index (χ2v) is 4.75. The van der Waals surface area contributed by atoms with Crippen LogP contribution in [-0.2, 0) is 0 Å². The van der Waals surface area contributed by atoms with E-state index in [0.29, 0.717) is 17.3 Å². The number of rotatable bonds is 1. The van der Waals surface area contributed by atoms with Gasteiger partial charge in [-0.2, -0.15) is 0 Å². The molecule has 0 saturated carbocycles. The van der Waals surface area contributed by atoms with Crippen LogP contribution >= 0.6 is 11.6 Å². The summed E-state index contributed by atoms with van der Waals surface area (Å²) in [7, 11) is 0. The van der Waals surface area contributed by atoms with Crippen LogP contribution in [0.2, 0.25) is 5.02 Å². The Morgan fingerprint density at radius 3 is 2.80 bits per heavy atom. The van der Waals surface area contributed by atoms with E-state index in [4.69, 9.17) is 17.3 Å². The van der Waals surface area contributed by atoms with E-state index in [0.717, 1.165) is 18.7 Å². The van der Waals surface area contributed by atoms with Crippen molar-refractivity contribution in [2.24, 2.45) is 0 Å². The number of aliphatic hydroxyl groups is 1. The van der Waals surface area contributed by atoms with Gasteiger partial charge < -0.3 is 15.7 Å². The van der Waals surface area contributed by atoms with Gasteiger partial charge in [0.1, 0.15) is 0 Å². The molecule has 0 amide bonds. The van der Waals surface area contributed by atoms with Crippen molar-refractivity contribution in [2.45, 2.75) is 18.9 Å². The van der Waals surface area contributed by atoms with Crippen molar-refractivity contribution in [3.63, 3.8) is 0 Å². The summed E-state index contributed by atoms with van der Waals surface area (Å²) < 4.78 is 0. The Morgan fingerprint density at radius 1 is 1.53 bits per heavy atom. The maximum atomic E-state index is 9.88. The Morgan fingerprint density at radius 2 is 2.27 bits per heavy atom. The van der Waals surface area contributed by atoms with E-state index in [-0.39, 0.29) is 0 Å². The van der Waals surface area contributed by atoms with Crippen LogP contribution in [-0.4, -0.2) is 23.8 Å². The summed E-state index contributed by atoms with van der Waals surface area (Å²) in [5.74, 6) is 0. The molecule has 1 saturated heterocycles. The number of nitrogen functional groups attached to an aromatic ring is 1. The Bertz CT molecular complexity index is 359. The van der Waals surface area contributed by atoms with Gasteiger partial charge in [-0.3, -0.25) is 0 Å². The molecule has 1 aromatic carbocycles. The van der Waals surface area contributed by atoms with Crippen LogP contribution in [0, 0.1) is 0 Å². The van der Waals surface area contributed by atoms with E-state index < -0.39 is 5.60 Å². The lowest BCUT2D eigenvalue weighted by Crippen LogP contribution is -2.30. The molecule has 1 aliphatic rings. The molecule has 3 N–H and O–H groups in total. The third-order valence-corrected chi connectivity index (χ3v) is 3.09. The van der Waals surface area contributed by atoms with E-state index in [1.54, 1.807) is 0 Å². The van der Waals surface area contributed by atoms with Gasteiger partial charge in [-0.1, -0.05) is 17.7 Å². The fraction of sp³-hybridized carbons (Fsp3) is 0.455. The minimum absolute atomic E-state index is 0.584. The zero-order chi connectivity index (χ0) is 11.1. The lowest BCUT2D eigenvalue weighted by Gasteiger charge is -2.23. The zero-order valence-corrected chi connectivity index (χ0v) is 9.46. The topological polar surface area (TPSA) is 49.5 Å². The number of nitrogens with zero attached hydrogens (tertiary/aromatic N) is 1. The van der Waals surface area contributed by atoms with Gasteiger partial charge in [-0.05, 0) is 25.5 Å². The summed E-state index contributed by atoms with van der Waals surface area (Å²) in [6, 6.07) is 5.48. The highest BCUT2D eigenvalue weighted by Gasteiger charge is 2.32. The molecule has 1 aromatic rings. The third kappa shape index (κ3) is 2.03. The van der Waals surface area contributed by atoms with Crippen LogP contribution in [0.4, 0.5) is 11.4 Å². The summed E-state index contributed by atoms with van der Waals surface area (Å²) in [4.78, 5) is 2.04. The van der Waals surface area contributed by atoms with Crippen LogP contribution in [0.5, 0.6) is 0 Å². The van der Waals surface area contributed by atoms with E-state index >= 15 is 0 Å². The molecule has 15 heavy (non-hydrogen) atoms. The predicted molar refractivity (Wildman–Crippen MR) is 63.3 cm³/mol. The molecule has 0 radical (unpaired) electrons. The van der Waals surface area contributed by atoms with E-state index in [1.807, 2.05) is 30.0 Å². The van der Waals surface area contributed by atoms with Crippen LogP contribution in [0.1, 0.15) is 13.3 Å². The largest absolute Gasteiger partial charge is 0.397 e. The maximum Gasteiger partial charge on any atom is 0.0810 e. The number of benzene rings is 1. The molecule has 0 bridgehead atoms. The Balaban J connectivity index is 2.31.